The number of carbonyl (C=O) groups is 1. The first kappa shape index (κ1) is 16.5. The van der Waals surface area contributed by atoms with Gasteiger partial charge in [-0.05, 0) is 44.6 Å². The van der Waals surface area contributed by atoms with Gasteiger partial charge in [0.2, 0.25) is 0 Å². The van der Waals surface area contributed by atoms with E-state index in [1.165, 1.54) is 0 Å². The van der Waals surface area contributed by atoms with Crippen LogP contribution < -0.4 is 10.6 Å². The zero-order chi connectivity index (χ0) is 15.0. The molecule has 1 aromatic carbocycles. The van der Waals surface area contributed by atoms with Gasteiger partial charge in [0.25, 0.3) is 0 Å². The topological polar surface area (TPSA) is 64.6 Å². The lowest BCUT2D eigenvalue weighted by molar-refractivity contribution is 0.237. The summed E-state index contributed by atoms with van der Waals surface area (Å²) in [6.07, 6.45) is 1.37. The average Bonchev–Trinajstić information content (AvgIpc) is 2.37. The lowest BCUT2D eigenvalue weighted by Gasteiger charge is -2.17. The van der Waals surface area contributed by atoms with Crippen molar-refractivity contribution >= 4 is 11.7 Å². The molecule has 0 saturated carbocycles. The number of hydrogen-bond donors (Lipinski definition) is 3. The van der Waals surface area contributed by atoms with Gasteiger partial charge in [-0.2, -0.15) is 0 Å². The lowest BCUT2D eigenvalue weighted by atomic mass is 10.1. The maximum Gasteiger partial charge on any atom is 0.319 e. The Bertz CT molecular complexity index is 421. The van der Waals surface area contributed by atoms with Crippen molar-refractivity contribution < 1.29 is 9.90 Å². The highest BCUT2D eigenvalue weighted by atomic mass is 16.3. The molecule has 0 heterocycles. The number of nitrogens with one attached hydrogen (secondary N) is 2. The molecule has 0 bridgehead atoms. The van der Waals surface area contributed by atoms with E-state index in [1.807, 2.05) is 45.3 Å². The van der Waals surface area contributed by atoms with Crippen LogP contribution in [-0.2, 0) is 6.54 Å². The number of benzene rings is 1. The Labute approximate surface area is 121 Å². The van der Waals surface area contributed by atoms with Crippen LogP contribution in [0, 0.1) is 0 Å². The molecule has 1 atom stereocenters. The zero-order valence-corrected chi connectivity index (χ0v) is 12.5. The van der Waals surface area contributed by atoms with E-state index in [4.69, 9.17) is 5.11 Å². The van der Waals surface area contributed by atoms with Gasteiger partial charge in [-0.25, -0.2) is 4.79 Å². The molecule has 1 rings (SSSR count). The van der Waals surface area contributed by atoms with E-state index < -0.39 is 0 Å². The summed E-state index contributed by atoms with van der Waals surface area (Å²) in [4.78, 5) is 14.0. The number of carbonyl (C=O) groups excluding carboxylic acids is 1. The van der Waals surface area contributed by atoms with Crippen LogP contribution >= 0.6 is 0 Å². The highest BCUT2D eigenvalue weighted by molar-refractivity contribution is 5.89. The molecule has 0 fully saturated rings. The fraction of sp³-hybridized carbons (Fsp3) is 0.533. The second kappa shape index (κ2) is 8.55. The Kier molecular flexibility index (Phi) is 7.04. The van der Waals surface area contributed by atoms with E-state index in [9.17, 15) is 4.79 Å². The van der Waals surface area contributed by atoms with Crippen molar-refractivity contribution in [2.75, 3.05) is 26.0 Å². The summed E-state index contributed by atoms with van der Waals surface area (Å²) in [6.45, 7) is 2.90. The number of anilines is 1. The van der Waals surface area contributed by atoms with Crippen molar-refractivity contribution in [3.8, 4) is 0 Å². The smallest absolute Gasteiger partial charge is 0.319 e. The first-order chi connectivity index (χ1) is 9.55. The van der Waals surface area contributed by atoms with Gasteiger partial charge in [-0.3, -0.25) is 0 Å². The molecule has 0 aliphatic carbocycles. The minimum absolute atomic E-state index is 0.00459. The minimum Gasteiger partial charge on any atom is -0.396 e. The third-order valence-electron chi connectivity index (χ3n) is 2.99. The van der Waals surface area contributed by atoms with Gasteiger partial charge in [0.15, 0.2) is 0 Å². The first-order valence-electron chi connectivity index (χ1n) is 6.97. The van der Waals surface area contributed by atoms with Crippen LogP contribution in [0.5, 0.6) is 0 Å². The average molecular weight is 279 g/mol. The molecular formula is C15H25N3O2. The molecule has 20 heavy (non-hydrogen) atoms. The van der Waals surface area contributed by atoms with Crippen molar-refractivity contribution in [1.82, 2.24) is 10.2 Å². The van der Waals surface area contributed by atoms with Gasteiger partial charge in [-0.15, -0.1) is 0 Å². The number of rotatable bonds is 7. The molecule has 0 aliphatic heterocycles. The molecule has 0 saturated heterocycles. The summed E-state index contributed by atoms with van der Waals surface area (Å²) < 4.78 is 0. The van der Waals surface area contributed by atoms with Crippen molar-refractivity contribution in [3.63, 3.8) is 0 Å². The highest BCUT2D eigenvalue weighted by Crippen LogP contribution is 2.12. The fourth-order valence-corrected chi connectivity index (χ4v) is 2.00. The van der Waals surface area contributed by atoms with Crippen LogP contribution in [0.4, 0.5) is 10.5 Å². The number of hydrogen-bond acceptors (Lipinski definition) is 3. The normalized spacial score (nSPS) is 12.2. The number of aliphatic hydroxyl groups excluding tert-OH is 1. The molecule has 2 amide bonds. The van der Waals surface area contributed by atoms with E-state index in [2.05, 4.69) is 15.5 Å². The van der Waals surface area contributed by atoms with Crippen molar-refractivity contribution in [1.29, 1.82) is 0 Å². The number of nitrogens with zero attached hydrogens (tertiary/aromatic N) is 1. The summed E-state index contributed by atoms with van der Waals surface area (Å²) in [5.41, 5.74) is 1.93. The van der Waals surface area contributed by atoms with Crippen molar-refractivity contribution in [2.45, 2.75) is 32.4 Å². The van der Waals surface area contributed by atoms with Crippen LogP contribution in [0.1, 0.15) is 25.3 Å². The monoisotopic (exact) mass is 279 g/mol. The molecular weight excluding hydrogens is 254 g/mol. The Morgan fingerprint density at radius 2 is 2.15 bits per heavy atom. The van der Waals surface area contributed by atoms with E-state index in [0.717, 1.165) is 24.2 Å². The first-order valence-corrected chi connectivity index (χ1v) is 6.97. The van der Waals surface area contributed by atoms with E-state index >= 15 is 0 Å². The molecule has 1 aromatic rings. The van der Waals surface area contributed by atoms with Crippen LogP contribution in [0.15, 0.2) is 24.3 Å². The van der Waals surface area contributed by atoms with Gasteiger partial charge in [-0.1, -0.05) is 19.1 Å². The third-order valence-corrected chi connectivity index (χ3v) is 2.99. The SMILES string of the molecule is CCC(CCO)NC(=O)Nc1cccc(CN(C)C)c1. The number of urea groups is 1. The molecule has 0 radical (unpaired) electrons. The highest BCUT2D eigenvalue weighted by Gasteiger charge is 2.09. The van der Waals surface area contributed by atoms with Gasteiger partial charge in [0.05, 0.1) is 0 Å². The molecule has 0 aromatic heterocycles. The summed E-state index contributed by atoms with van der Waals surface area (Å²) in [5.74, 6) is 0. The maximum atomic E-state index is 11.9. The zero-order valence-electron chi connectivity index (χ0n) is 12.5. The quantitative estimate of drug-likeness (QED) is 0.715. The van der Waals surface area contributed by atoms with Crippen LogP contribution in [0.3, 0.4) is 0 Å². The molecule has 5 nitrogen and oxygen atoms in total. The molecule has 5 heteroatoms. The molecule has 112 valence electrons. The van der Waals surface area contributed by atoms with Crippen LogP contribution in [-0.4, -0.2) is 42.8 Å². The molecule has 0 spiro atoms. The Hall–Kier alpha value is -1.59. The van der Waals surface area contributed by atoms with Gasteiger partial charge in [0.1, 0.15) is 0 Å². The van der Waals surface area contributed by atoms with Gasteiger partial charge >= 0.3 is 6.03 Å². The van der Waals surface area contributed by atoms with Crippen molar-refractivity contribution in [2.24, 2.45) is 0 Å². The predicted molar refractivity (Wildman–Crippen MR) is 81.8 cm³/mol. The number of aliphatic hydroxyl groups is 1. The number of amides is 2. The minimum atomic E-state index is -0.229. The third kappa shape index (κ3) is 6.04. The Morgan fingerprint density at radius 1 is 1.40 bits per heavy atom. The predicted octanol–water partition coefficient (Wildman–Crippen LogP) is 2.03. The van der Waals surface area contributed by atoms with Crippen molar-refractivity contribution in [3.05, 3.63) is 29.8 Å². The Morgan fingerprint density at radius 3 is 2.75 bits per heavy atom. The second-order valence-corrected chi connectivity index (χ2v) is 5.15. The summed E-state index contributed by atoms with van der Waals surface area (Å²) in [7, 11) is 4.01. The molecule has 3 N–H and O–H groups in total. The lowest BCUT2D eigenvalue weighted by Crippen LogP contribution is -2.38. The van der Waals surface area contributed by atoms with E-state index in [0.29, 0.717) is 6.42 Å². The fourth-order valence-electron chi connectivity index (χ4n) is 2.00. The Balaban J connectivity index is 2.56. The summed E-state index contributed by atoms with van der Waals surface area (Å²) >= 11 is 0. The van der Waals surface area contributed by atoms with Crippen LogP contribution in [0.25, 0.3) is 0 Å². The summed E-state index contributed by atoms with van der Waals surface area (Å²) in [5, 5.41) is 14.6. The largest absolute Gasteiger partial charge is 0.396 e. The molecule has 0 aliphatic rings. The standard InChI is InChI=1S/C15H25N3O2/c1-4-13(8-9-19)16-15(20)17-14-7-5-6-12(10-14)11-18(2)3/h5-7,10,13,19H,4,8-9,11H2,1-3H3,(H2,16,17,20). The van der Waals surface area contributed by atoms with Crippen LogP contribution in [0.2, 0.25) is 0 Å². The van der Waals surface area contributed by atoms with Gasteiger partial charge in [0, 0.05) is 24.9 Å². The van der Waals surface area contributed by atoms with E-state index in [1.54, 1.807) is 0 Å². The van der Waals surface area contributed by atoms with Gasteiger partial charge < -0.3 is 20.6 Å². The van der Waals surface area contributed by atoms with E-state index in [-0.39, 0.29) is 18.7 Å². The summed E-state index contributed by atoms with van der Waals surface area (Å²) in [6, 6.07) is 7.57. The maximum absolute atomic E-state index is 11.9. The second-order valence-electron chi connectivity index (χ2n) is 5.15. The molecule has 1 unspecified atom stereocenters.